The Morgan fingerprint density at radius 1 is 1.17 bits per heavy atom. The molecule has 1 aliphatic rings. The fourth-order valence-corrected chi connectivity index (χ4v) is 4.94. The first-order valence-corrected chi connectivity index (χ1v) is 11.3. The maximum atomic E-state index is 10.9. The molecule has 2 rings (SSSR count). The van der Waals surface area contributed by atoms with Crippen molar-refractivity contribution >= 4 is 33.8 Å². The number of nitrogens with one attached hydrogen (secondary N) is 1. The molecular weight excluding hydrogens is 416 g/mol. The fourth-order valence-electron chi connectivity index (χ4n) is 2.91. The molecule has 2 N–H and O–H groups in total. The largest absolute Gasteiger partial charge is 0.466 e. The van der Waals surface area contributed by atoms with Gasteiger partial charge in [-0.05, 0) is 38.8 Å². The molecule has 1 aromatic carbocycles. The molecule has 0 spiro atoms. The van der Waals surface area contributed by atoms with Crippen LogP contribution in [0.4, 0.5) is 0 Å². The Morgan fingerprint density at radius 2 is 1.72 bits per heavy atom. The summed E-state index contributed by atoms with van der Waals surface area (Å²) < 4.78 is 35.7. The van der Waals surface area contributed by atoms with Crippen molar-refractivity contribution in [2.24, 2.45) is 0 Å². The van der Waals surface area contributed by atoms with Crippen LogP contribution >= 0.6 is 11.8 Å². The number of thioether (sulfide) groups is 1. The molecule has 0 radical (unpaired) electrons. The number of allylic oxidation sites excluding steroid dienone is 1. The summed E-state index contributed by atoms with van der Waals surface area (Å²) in [5.74, 6) is 0.363. The Hall–Kier alpha value is -2.04. The van der Waals surface area contributed by atoms with Crippen molar-refractivity contribution in [2.75, 3.05) is 12.5 Å². The molecule has 0 aromatic heterocycles. The maximum absolute atomic E-state index is 10.9. The quantitative estimate of drug-likeness (QED) is 0.526. The topological polar surface area (TPSA) is 113 Å². The number of benzene rings is 1. The molecule has 1 heterocycles. The van der Waals surface area contributed by atoms with Gasteiger partial charge in [-0.2, -0.15) is 8.42 Å². The van der Waals surface area contributed by atoms with Crippen molar-refractivity contribution in [2.45, 2.75) is 52.9 Å². The van der Waals surface area contributed by atoms with E-state index >= 15 is 0 Å². The van der Waals surface area contributed by atoms with Crippen molar-refractivity contribution in [1.29, 1.82) is 0 Å². The van der Waals surface area contributed by atoms with Crippen molar-refractivity contribution in [3.05, 3.63) is 39.4 Å². The highest BCUT2D eigenvalue weighted by atomic mass is 32.2. The van der Waals surface area contributed by atoms with E-state index in [2.05, 4.69) is 5.43 Å². The van der Waals surface area contributed by atoms with Crippen LogP contribution in [-0.4, -0.2) is 42.3 Å². The monoisotopic (exact) mass is 444 g/mol. The summed E-state index contributed by atoms with van der Waals surface area (Å²) in [6, 6.07) is 3.46. The Bertz CT molecular complexity index is 886. The normalized spacial score (nSPS) is 13.7. The molecule has 162 valence electrons. The molecule has 8 nitrogen and oxygen atoms in total. The minimum absolute atomic E-state index is 0.0260. The van der Waals surface area contributed by atoms with E-state index in [1.54, 1.807) is 42.8 Å². The number of amides is 1. The highest BCUT2D eigenvalue weighted by Crippen LogP contribution is 2.32. The van der Waals surface area contributed by atoms with Gasteiger partial charge in [-0.1, -0.05) is 17.7 Å². The van der Waals surface area contributed by atoms with Crippen LogP contribution in [0.25, 0.3) is 0 Å². The van der Waals surface area contributed by atoms with Gasteiger partial charge in [0.1, 0.15) is 0 Å². The number of hydrogen-bond acceptors (Lipinski definition) is 7. The Balaban J connectivity index is 0.000000296. The SMILES string of the molecule is CC(=O)NN1CSC(CCOC(C)=O)=C1C.Cc1cc(C)c(S(=O)(=O)O)c(C)c1. The van der Waals surface area contributed by atoms with E-state index < -0.39 is 10.1 Å². The lowest BCUT2D eigenvalue weighted by Crippen LogP contribution is -2.37. The van der Waals surface area contributed by atoms with Gasteiger partial charge in [-0.3, -0.25) is 24.6 Å². The predicted octanol–water partition coefficient (Wildman–Crippen LogP) is 3.09. The zero-order valence-corrected chi connectivity index (χ0v) is 19.2. The lowest BCUT2D eigenvalue weighted by atomic mass is 10.1. The number of nitrogens with zero attached hydrogens (tertiary/aromatic N) is 1. The first-order chi connectivity index (χ1) is 13.3. The summed E-state index contributed by atoms with van der Waals surface area (Å²) >= 11 is 1.65. The van der Waals surface area contributed by atoms with E-state index in [4.69, 9.17) is 9.29 Å². The van der Waals surface area contributed by atoms with Crippen LogP contribution in [0.2, 0.25) is 0 Å². The highest BCUT2D eigenvalue weighted by Gasteiger charge is 2.20. The Labute approximate surface area is 176 Å². The fraction of sp³-hybridized carbons (Fsp3) is 0.474. The predicted molar refractivity (Wildman–Crippen MR) is 113 cm³/mol. The third-order valence-electron chi connectivity index (χ3n) is 3.97. The summed E-state index contributed by atoms with van der Waals surface area (Å²) in [6.45, 7) is 10.4. The molecule has 1 aliphatic heterocycles. The first-order valence-electron chi connectivity index (χ1n) is 8.89. The van der Waals surface area contributed by atoms with Crippen molar-refractivity contribution in [3.63, 3.8) is 0 Å². The molecule has 0 atom stereocenters. The van der Waals surface area contributed by atoms with E-state index in [0.29, 0.717) is 30.0 Å². The summed E-state index contributed by atoms with van der Waals surface area (Å²) in [7, 11) is -4.08. The number of aryl methyl sites for hydroxylation is 3. The van der Waals surface area contributed by atoms with Gasteiger partial charge in [0.2, 0.25) is 5.91 Å². The van der Waals surface area contributed by atoms with Crippen LogP contribution in [0, 0.1) is 20.8 Å². The average molecular weight is 445 g/mol. The second-order valence-electron chi connectivity index (χ2n) is 6.67. The zero-order valence-electron chi connectivity index (χ0n) is 17.5. The van der Waals surface area contributed by atoms with Gasteiger partial charge < -0.3 is 4.74 Å². The third-order valence-corrected chi connectivity index (χ3v) is 6.36. The maximum Gasteiger partial charge on any atom is 0.302 e. The van der Waals surface area contributed by atoms with Gasteiger partial charge in [0.15, 0.2) is 0 Å². The molecular formula is C19H28N2O6S2. The van der Waals surface area contributed by atoms with Crippen LogP contribution in [0.3, 0.4) is 0 Å². The molecule has 0 fully saturated rings. The Kier molecular flexibility index (Phi) is 9.18. The number of ether oxygens (including phenoxy) is 1. The van der Waals surface area contributed by atoms with Crippen molar-refractivity contribution in [3.8, 4) is 0 Å². The molecule has 29 heavy (non-hydrogen) atoms. The summed E-state index contributed by atoms with van der Waals surface area (Å²) in [4.78, 5) is 22.7. The summed E-state index contributed by atoms with van der Waals surface area (Å²) in [6.07, 6.45) is 0.701. The molecule has 10 heteroatoms. The van der Waals surface area contributed by atoms with E-state index in [9.17, 15) is 18.0 Å². The second-order valence-corrected chi connectivity index (χ2v) is 9.07. The van der Waals surface area contributed by atoms with Crippen LogP contribution in [0.15, 0.2) is 27.6 Å². The molecule has 0 saturated heterocycles. The lowest BCUT2D eigenvalue weighted by Gasteiger charge is -2.18. The van der Waals surface area contributed by atoms with E-state index in [-0.39, 0.29) is 16.8 Å². The third kappa shape index (κ3) is 8.08. The van der Waals surface area contributed by atoms with Crippen molar-refractivity contribution in [1.82, 2.24) is 10.4 Å². The first kappa shape index (κ1) is 25.0. The minimum Gasteiger partial charge on any atom is -0.466 e. The van der Waals surface area contributed by atoms with Crippen LogP contribution in [-0.2, 0) is 24.4 Å². The lowest BCUT2D eigenvalue weighted by molar-refractivity contribution is -0.140. The zero-order chi connectivity index (χ0) is 22.4. The van der Waals surface area contributed by atoms with Gasteiger partial charge in [0.05, 0.1) is 17.4 Å². The number of hydrazine groups is 1. The number of hydrogen-bond donors (Lipinski definition) is 2. The van der Waals surface area contributed by atoms with E-state index in [1.807, 2.05) is 13.8 Å². The summed E-state index contributed by atoms with van der Waals surface area (Å²) in [5, 5.41) is 1.80. The van der Waals surface area contributed by atoms with Crippen LogP contribution < -0.4 is 5.43 Å². The van der Waals surface area contributed by atoms with Crippen LogP contribution in [0.5, 0.6) is 0 Å². The molecule has 0 unspecified atom stereocenters. The minimum atomic E-state index is -4.08. The van der Waals surface area contributed by atoms with Gasteiger partial charge in [0.25, 0.3) is 10.1 Å². The molecule has 0 bridgehead atoms. The van der Waals surface area contributed by atoms with Crippen molar-refractivity contribution < 1.29 is 27.3 Å². The average Bonchev–Trinajstić information content (AvgIpc) is 2.85. The smallest absolute Gasteiger partial charge is 0.302 e. The molecule has 1 aromatic rings. The molecule has 1 amide bonds. The van der Waals surface area contributed by atoms with Gasteiger partial charge in [0, 0.05) is 30.9 Å². The van der Waals surface area contributed by atoms with Crippen LogP contribution in [0.1, 0.15) is 43.9 Å². The number of carbonyl (C=O) groups is 2. The summed E-state index contributed by atoms with van der Waals surface area (Å²) in [5.41, 5.74) is 5.90. The van der Waals surface area contributed by atoms with E-state index in [1.165, 1.54) is 13.8 Å². The molecule has 0 aliphatic carbocycles. The number of carbonyl (C=O) groups excluding carboxylic acids is 2. The van der Waals surface area contributed by atoms with Gasteiger partial charge in [-0.25, -0.2) is 0 Å². The van der Waals surface area contributed by atoms with Gasteiger partial charge >= 0.3 is 5.97 Å². The standard InChI is InChI=1S/C10H16N2O3S.C9H12O3S/c1-7-10(4-5-15-9(3)14)16-6-12(7)11-8(2)13;1-6-4-7(2)9(8(3)5-6)13(10,11)12/h4-6H2,1-3H3,(H,11,13);4-5H,1-3H3,(H,10,11,12). The number of rotatable bonds is 5. The number of esters is 1. The van der Waals surface area contributed by atoms with Gasteiger partial charge in [-0.15, -0.1) is 11.8 Å². The molecule has 0 saturated carbocycles. The Morgan fingerprint density at radius 3 is 2.17 bits per heavy atom. The van der Waals surface area contributed by atoms with E-state index in [0.717, 1.165) is 16.2 Å². The highest BCUT2D eigenvalue weighted by molar-refractivity contribution is 8.03. The second kappa shape index (κ2) is 10.7.